The number of nitrogens with one attached hydrogen (secondary N) is 3. The minimum absolute atomic E-state index is 0.0220. The molecule has 0 aliphatic carbocycles. The van der Waals surface area contributed by atoms with Crippen LogP contribution in [0, 0.1) is 11.6 Å². The smallest absolute Gasteiger partial charge is 0.254 e. The quantitative estimate of drug-likeness (QED) is 0.534. The third-order valence-electron chi connectivity index (χ3n) is 3.91. The predicted octanol–water partition coefficient (Wildman–Crippen LogP) is 3.19. The Labute approximate surface area is 180 Å². The second-order valence-corrected chi connectivity index (χ2v) is 9.60. The third-order valence-corrected chi connectivity index (χ3v) is 5.67. The van der Waals surface area contributed by atoms with Gasteiger partial charge < -0.3 is 10.6 Å². The van der Waals surface area contributed by atoms with Crippen LogP contribution in [0.15, 0.2) is 47.4 Å². The van der Waals surface area contributed by atoms with Crippen molar-refractivity contribution in [3.05, 3.63) is 59.7 Å². The summed E-state index contributed by atoms with van der Waals surface area (Å²) in [5, 5.41) is 5.07. The molecule has 2 aromatic carbocycles. The Morgan fingerprint density at radius 2 is 1.74 bits per heavy atom. The molecule has 0 saturated heterocycles. The van der Waals surface area contributed by atoms with Crippen LogP contribution in [0.3, 0.4) is 0 Å². The number of sulfonamides is 1. The van der Waals surface area contributed by atoms with Gasteiger partial charge in [-0.1, -0.05) is 6.07 Å². The highest BCUT2D eigenvalue weighted by molar-refractivity contribution is 7.89. The average molecular weight is 454 g/mol. The number of hydrogen-bond donors (Lipinski definition) is 3. The van der Waals surface area contributed by atoms with E-state index in [-0.39, 0.29) is 35.8 Å². The van der Waals surface area contributed by atoms with Crippen LogP contribution in [0.25, 0.3) is 0 Å². The summed E-state index contributed by atoms with van der Waals surface area (Å²) < 4.78 is 53.8. The van der Waals surface area contributed by atoms with Crippen molar-refractivity contribution in [3.63, 3.8) is 0 Å². The molecule has 0 bridgehead atoms. The standard InChI is InChI=1S/C21H25F2N3O4S/c1-21(2,3)26-31(29,30)16-7-4-6-15(13-16)25-19(27)8-5-11-24-20(28)17-10-9-14(22)12-18(17)23/h4,6-7,9-10,12-13,26H,5,8,11H2,1-3H3,(H,24,28)(H,25,27). The summed E-state index contributed by atoms with van der Waals surface area (Å²) in [7, 11) is -3.74. The summed E-state index contributed by atoms with van der Waals surface area (Å²) >= 11 is 0. The summed E-state index contributed by atoms with van der Waals surface area (Å²) in [5.74, 6) is -2.83. The Hall–Kier alpha value is -2.85. The number of rotatable bonds is 8. The number of anilines is 1. The SMILES string of the molecule is CC(C)(C)NS(=O)(=O)c1cccc(NC(=O)CCCNC(=O)c2ccc(F)cc2F)c1. The van der Waals surface area contributed by atoms with Gasteiger partial charge in [-0.05, 0) is 57.5 Å². The molecular weight excluding hydrogens is 428 g/mol. The normalized spacial score (nSPS) is 11.8. The topological polar surface area (TPSA) is 104 Å². The fourth-order valence-corrected chi connectivity index (χ4v) is 4.11. The Bertz CT molecular complexity index is 1070. The molecule has 0 aliphatic heterocycles. The van der Waals surface area contributed by atoms with Crippen LogP contribution in [0.1, 0.15) is 44.0 Å². The van der Waals surface area contributed by atoms with E-state index < -0.39 is 33.1 Å². The molecule has 2 aromatic rings. The van der Waals surface area contributed by atoms with Gasteiger partial charge in [-0.25, -0.2) is 21.9 Å². The largest absolute Gasteiger partial charge is 0.352 e. The Balaban J connectivity index is 1.86. The van der Waals surface area contributed by atoms with Gasteiger partial charge in [0.1, 0.15) is 11.6 Å². The molecule has 10 heteroatoms. The van der Waals surface area contributed by atoms with Gasteiger partial charge in [-0.2, -0.15) is 0 Å². The lowest BCUT2D eigenvalue weighted by Crippen LogP contribution is -2.40. The molecular formula is C21H25F2N3O4S. The molecule has 0 fully saturated rings. The first-order valence-corrected chi connectivity index (χ1v) is 11.0. The van der Waals surface area contributed by atoms with Gasteiger partial charge in [-0.3, -0.25) is 9.59 Å². The van der Waals surface area contributed by atoms with E-state index in [4.69, 9.17) is 0 Å². The van der Waals surface area contributed by atoms with E-state index in [1.54, 1.807) is 26.8 Å². The number of amides is 2. The zero-order chi connectivity index (χ0) is 23.2. The van der Waals surface area contributed by atoms with E-state index in [2.05, 4.69) is 15.4 Å². The molecule has 7 nitrogen and oxygen atoms in total. The van der Waals surface area contributed by atoms with Crippen LogP contribution < -0.4 is 15.4 Å². The fourth-order valence-electron chi connectivity index (χ4n) is 2.65. The first-order chi connectivity index (χ1) is 14.4. The van der Waals surface area contributed by atoms with Crippen LogP contribution in [-0.4, -0.2) is 32.3 Å². The lowest BCUT2D eigenvalue weighted by atomic mass is 10.1. The first-order valence-electron chi connectivity index (χ1n) is 9.54. The minimum Gasteiger partial charge on any atom is -0.352 e. The van der Waals surface area contributed by atoms with Crippen LogP contribution in [-0.2, 0) is 14.8 Å². The lowest BCUT2D eigenvalue weighted by Gasteiger charge is -2.20. The Kier molecular flexibility index (Phi) is 7.85. The summed E-state index contributed by atoms with van der Waals surface area (Å²) in [6.07, 6.45) is 0.313. The zero-order valence-electron chi connectivity index (χ0n) is 17.5. The number of carbonyl (C=O) groups excluding carboxylic acids is 2. The highest BCUT2D eigenvalue weighted by Gasteiger charge is 2.22. The molecule has 0 aromatic heterocycles. The monoisotopic (exact) mass is 453 g/mol. The van der Waals surface area contributed by atoms with Crippen LogP contribution in [0.4, 0.5) is 14.5 Å². The highest BCUT2D eigenvalue weighted by Crippen LogP contribution is 2.18. The maximum atomic E-state index is 13.6. The molecule has 0 aliphatic rings. The van der Waals surface area contributed by atoms with Gasteiger partial charge in [0.2, 0.25) is 15.9 Å². The van der Waals surface area contributed by atoms with Crippen molar-refractivity contribution in [2.45, 2.75) is 44.0 Å². The summed E-state index contributed by atoms with van der Waals surface area (Å²) in [6.45, 7) is 5.27. The van der Waals surface area contributed by atoms with E-state index in [1.165, 1.54) is 18.2 Å². The van der Waals surface area contributed by atoms with Crippen LogP contribution in [0.5, 0.6) is 0 Å². The van der Waals surface area contributed by atoms with Crippen molar-refractivity contribution in [1.29, 1.82) is 0 Å². The molecule has 0 unspecified atom stereocenters. The third kappa shape index (κ3) is 7.72. The van der Waals surface area contributed by atoms with Gasteiger partial charge in [0.05, 0.1) is 10.5 Å². The second-order valence-electron chi connectivity index (χ2n) is 7.92. The molecule has 168 valence electrons. The fraction of sp³-hybridized carbons (Fsp3) is 0.333. The van der Waals surface area contributed by atoms with E-state index in [1.807, 2.05) is 0 Å². The van der Waals surface area contributed by atoms with Gasteiger partial charge in [0.25, 0.3) is 5.91 Å². The predicted molar refractivity (Wildman–Crippen MR) is 113 cm³/mol. The van der Waals surface area contributed by atoms with Gasteiger partial charge in [-0.15, -0.1) is 0 Å². The van der Waals surface area contributed by atoms with E-state index in [9.17, 15) is 26.8 Å². The van der Waals surface area contributed by atoms with Crippen molar-refractivity contribution in [2.24, 2.45) is 0 Å². The van der Waals surface area contributed by atoms with Crippen molar-refractivity contribution in [2.75, 3.05) is 11.9 Å². The van der Waals surface area contributed by atoms with Crippen LogP contribution in [0.2, 0.25) is 0 Å². The summed E-state index contributed by atoms with van der Waals surface area (Å²) in [6, 6.07) is 8.50. The average Bonchev–Trinajstić information content (AvgIpc) is 2.63. The van der Waals surface area contributed by atoms with Crippen molar-refractivity contribution < 1.29 is 26.8 Å². The van der Waals surface area contributed by atoms with E-state index >= 15 is 0 Å². The van der Waals surface area contributed by atoms with Crippen LogP contribution >= 0.6 is 0 Å². The molecule has 0 atom stereocenters. The number of hydrogen-bond acceptors (Lipinski definition) is 4. The number of carbonyl (C=O) groups is 2. The summed E-state index contributed by atoms with van der Waals surface area (Å²) in [4.78, 5) is 24.0. The second kappa shape index (κ2) is 9.97. The van der Waals surface area contributed by atoms with Crippen molar-refractivity contribution >= 4 is 27.5 Å². The molecule has 3 N–H and O–H groups in total. The summed E-state index contributed by atoms with van der Waals surface area (Å²) in [5.41, 5.74) is -0.619. The minimum atomic E-state index is -3.74. The lowest BCUT2D eigenvalue weighted by molar-refractivity contribution is -0.116. The maximum Gasteiger partial charge on any atom is 0.254 e. The van der Waals surface area contributed by atoms with Gasteiger partial charge in [0, 0.05) is 30.3 Å². The van der Waals surface area contributed by atoms with Gasteiger partial charge >= 0.3 is 0 Å². The first kappa shape index (κ1) is 24.4. The van der Waals surface area contributed by atoms with Crippen molar-refractivity contribution in [1.82, 2.24) is 10.0 Å². The van der Waals surface area contributed by atoms with E-state index in [0.29, 0.717) is 11.8 Å². The molecule has 31 heavy (non-hydrogen) atoms. The molecule has 0 radical (unpaired) electrons. The Morgan fingerprint density at radius 1 is 1.03 bits per heavy atom. The highest BCUT2D eigenvalue weighted by atomic mass is 32.2. The number of benzene rings is 2. The van der Waals surface area contributed by atoms with Gasteiger partial charge in [0.15, 0.2) is 0 Å². The maximum absolute atomic E-state index is 13.6. The van der Waals surface area contributed by atoms with Crippen molar-refractivity contribution in [3.8, 4) is 0 Å². The molecule has 0 heterocycles. The molecule has 0 spiro atoms. The van der Waals surface area contributed by atoms with E-state index in [0.717, 1.165) is 12.1 Å². The Morgan fingerprint density at radius 3 is 2.39 bits per heavy atom. The molecule has 0 saturated carbocycles. The molecule has 2 amide bonds. The molecule has 2 rings (SSSR count). The number of halogens is 2. The zero-order valence-corrected chi connectivity index (χ0v) is 18.3.